The minimum Gasteiger partial charge on any atom is -0.348 e. The van der Waals surface area contributed by atoms with Crippen molar-refractivity contribution in [2.45, 2.75) is 70.9 Å². The van der Waals surface area contributed by atoms with Crippen molar-refractivity contribution in [3.05, 3.63) is 34.9 Å². The zero-order chi connectivity index (χ0) is 16.2. The van der Waals surface area contributed by atoms with Crippen LogP contribution in [0.3, 0.4) is 0 Å². The highest BCUT2D eigenvalue weighted by molar-refractivity contribution is 5.97. The quantitative estimate of drug-likeness (QED) is 0.901. The molecule has 0 radical (unpaired) electrons. The van der Waals surface area contributed by atoms with Crippen LogP contribution in [0.4, 0.5) is 0 Å². The van der Waals surface area contributed by atoms with E-state index in [1.165, 1.54) is 49.9 Å². The molecule has 2 unspecified atom stereocenters. The molecule has 2 fully saturated rings. The van der Waals surface area contributed by atoms with E-state index in [4.69, 9.17) is 0 Å². The Bertz CT molecular complexity index is 526. The third kappa shape index (κ3) is 3.45. The van der Waals surface area contributed by atoms with Crippen LogP contribution in [-0.4, -0.2) is 36.0 Å². The molecule has 23 heavy (non-hydrogen) atoms. The summed E-state index contributed by atoms with van der Waals surface area (Å²) < 4.78 is 0. The van der Waals surface area contributed by atoms with Crippen LogP contribution in [0.25, 0.3) is 0 Å². The molecule has 3 heteroatoms. The van der Waals surface area contributed by atoms with Gasteiger partial charge in [-0.1, -0.05) is 32.0 Å². The van der Waals surface area contributed by atoms with E-state index in [9.17, 15) is 4.79 Å². The summed E-state index contributed by atoms with van der Waals surface area (Å²) in [5.41, 5.74) is 3.29. The topological polar surface area (TPSA) is 32.3 Å². The number of amides is 1. The van der Waals surface area contributed by atoms with Gasteiger partial charge in [-0.2, -0.15) is 0 Å². The summed E-state index contributed by atoms with van der Waals surface area (Å²) in [4.78, 5) is 15.6. The number of aryl methyl sites for hydroxylation is 2. The van der Waals surface area contributed by atoms with Gasteiger partial charge in [0.25, 0.3) is 5.91 Å². The van der Waals surface area contributed by atoms with Crippen LogP contribution in [0, 0.1) is 0 Å². The summed E-state index contributed by atoms with van der Waals surface area (Å²) in [6, 6.07) is 7.16. The predicted molar refractivity (Wildman–Crippen MR) is 94.9 cm³/mol. The van der Waals surface area contributed by atoms with Gasteiger partial charge in [-0.15, -0.1) is 0 Å². The molecule has 1 heterocycles. The van der Waals surface area contributed by atoms with Crippen molar-refractivity contribution in [1.29, 1.82) is 0 Å². The molecule has 1 aliphatic heterocycles. The lowest BCUT2D eigenvalue weighted by Gasteiger charge is -2.30. The van der Waals surface area contributed by atoms with Gasteiger partial charge < -0.3 is 5.32 Å². The number of likely N-dealkylation sites (tertiary alicyclic amines) is 1. The van der Waals surface area contributed by atoms with Crippen LogP contribution >= 0.6 is 0 Å². The van der Waals surface area contributed by atoms with Gasteiger partial charge in [0.05, 0.1) is 0 Å². The number of benzene rings is 1. The minimum absolute atomic E-state index is 0.149. The van der Waals surface area contributed by atoms with Crippen molar-refractivity contribution in [1.82, 2.24) is 10.2 Å². The van der Waals surface area contributed by atoms with Crippen molar-refractivity contribution in [3.63, 3.8) is 0 Å². The summed E-state index contributed by atoms with van der Waals surface area (Å²) in [7, 11) is 0. The Kier molecular flexibility index (Phi) is 5.37. The fourth-order valence-electron chi connectivity index (χ4n) is 4.39. The zero-order valence-electron chi connectivity index (χ0n) is 14.6. The van der Waals surface area contributed by atoms with Crippen LogP contribution in [0.1, 0.15) is 67.4 Å². The molecule has 3 nitrogen and oxygen atoms in total. The smallest absolute Gasteiger partial charge is 0.252 e. The van der Waals surface area contributed by atoms with Gasteiger partial charge in [0.2, 0.25) is 0 Å². The molecular weight excluding hydrogens is 284 g/mol. The van der Waals surface area contributed by atoms with Gasteiger partial charge in [0.1, 0.15) is 0 Å². The molecule has 0 bridgehead atoms. The second-order valence-electron chi connectivity index (χ2n) is 6.98. The SMILES string of the molecule is CCc1cccc(CC)c1C(=O)NC1CCCC1N1CCCC1. The molecule has 3 rings (SSSR count). The van der Waals surface area contributed by atoms with E-state index >= 15 is 0 Å². The first-order chi connectivity index (χ1) is 11.2. The van der Waals surface area contributed by atoms with Gasteiger partial charge in [-0.05, 0) is 69.2 Å². The number of nitrogens with zero attached hydrogens (tertiary/aromatic N) is 1. The van der Waals surface area contributed by atoms with Gasteiger partial charge >= 0.3 is 0 Å². The minimum atomic E-state index is 0.149. The van der Waals surface area contributed by atoms with Crippen LogP contribution in [0.2, 0.25) is 0 Å². The second-order valence-corrected chi connectivity index (χ2v) is 6.98. The molecule has 1 saturated heterocycles. The summed E-state index contributed by atoms with van der Waals surface area (Å²) in [6.07, 6.45) is 8.06. The first-order valence-electron chi connectivity index (χ1n) is 9.40. The summed E-state index contributed by atoms with van der Waals surface area (Å²) >= 11 is 0. The van der Waals surface area contributed by atoms with E-state index in [0.717, 1.165) is 24.8 Å². The van der Waals surface area contributed by atoms with Crippen LogP contribution < -0.4 is 5.32 Å². The Balaban J connectivity index is 1.76. The van der Waals surface area contributed by atoms with Crippen LogP contribution in [0.15, 0.2) is 18.2 Å². The summed E-state index contributed by atoms with van der Waals surface area (Å²) in [6.45, 7) is 6.69. The van der Waals surface area contributed by atoms with Gasteiger partial charge in [0.15, 0.2) is 0 Å². The van der Waals surface area contributed by atoms with Gasteiger partial charge in [0, 0.05) is 17.6 Å². The van der Waals surface area contributed by atoms with Crippen LogP contribution in [0.5, 0.6) is 0 Å². The Morgan fingerprint density at radius 1 is 1.09 bits per heavy atom. The average molecular weight is 314 g/mol. The maximum atomic E-state index is 13.0. The molecule has 1 N–H and O–H groups in total. The lowest BCUT2D eigenvalue weighted by Crippen LogP contribution is -2.48. The van der Waals surface area contributed by atoms with E-state index in [0.29, 0.717) is 12.1 Å². The molecule has 1 aromatic rings. The molecule has 2 aliphatic rings. The molecule has 2 atom stereocenters. The summed E-state index contributed by atoms with van der Waals surface area (Å²) in [5.74, 6) is 0.149. The lowest BCUT2D eigenvalue weighted by molar-refractivity contribution is 0.0910. The molecule has 0 spiro atoms. The molecule has 1 aromatic carbocycles. The molecule has 126 valence electrons. The van der Waals surface area contributed by atoms with E-state index in [-0.39, 0.29) is 5.91 Å². The Labute approximate surface area is 140 Å². The molecule has 1 aliphatic carbocycles. The number of hydrogen-bond acceptors (Lipinski definition) is 2. The van der Waals surface area contributed by atoms with E-state index in [1.54, 1.807) is 0 Å². The van der Waals surface area contributed by atoms with Crippen LogP contribution in [-0.2, 0) is 12.8 Å². The van der Waals surface area contributed by atoms with Crippen molar-refractivity contribution < 1.29 is 4.79 Å². The molecular formula is C20H30N2O. The number of rotatable bonds is 5. The average Bonchev–Trinajstić information content (AvgIpc) is 3.24. The van der Waals surface area contributed by atoms with Crippen molar-refractivity contribution in [2.75, 3.05) is 13.1 Å². The number of carbonyl (C=O) groups excluding carboxylic acids is 1. The maximum Gasteiger partial charge on any atom is 0.252 e. The normalized spacial score (nSPS) is 25.0. The van der Waals surface area contributed by atoms with E-state index in [1.807, 2.05) is 0 Å². The maximum absolute atomic E-state index is 13.0. The Morgan fingerprint density at radius 3 is 2.35 bits per heavy atom. The van der Waals surface area contributed by atoms with Gasteiger partial charge in [-0.3, -0.25) is 9.69 Å². The largest absolute Gasteiger partial charge is 0.348 e. The highest BCUT2D eigenvalue weighted by Gasteiger charge is 2.34. The molecule has 0 aromatic heterocycles. The third-order valence-electron chi connectivity index (χ3n) is 5.63. The van der Waals surface area contributed by atoms with E-state index < -0.39 is 0 Å². The molecule has 1 amide bonds. The fraction of sp³-hybridized carbons (Fsp3) is 0.650. The molecule has 1 saturated carbocycles. The Morgan fingerprint density at radius 2 is 1.74 bits per heavy atom. The first-order valence-corrected chi connectivity index (χ1v) is 9.40. The van der Waals surface area contributed by atoms with Crippen molar-refractivity contribution in [3.8, 4) is 0 Å². The first kappa shape index (κ1) is 16.5. The van der Waals surface area contributed by atoms with Crippen molar-refractivity contribution in [2.24, 2.45) is 0 Å². The second kappa shape index (κ2) is 7.48. The van der Waals surface area contributed by atoms with Crippen molar-refractivity contribution >= 4 is 5.91 Å². The zero-order valence-corrected chi connectivity index (χ0v) is 14.6. The van der Waals surface area contributed by atoms with Gasteiger partial charge in [-0.25, -0.2) is 0 Å². The van der Waals surface area contributed by atoms with E-state index in [2.05, 4.69) is 42.3 Å². The highest BCUT2D eigenvalue weighted by atomic mass is 16.1. The number of nitrogens with one attached hydrogen (secondary N) is 1. The monoisotopic (exact) mass is 314 g/mol. The summed E-state index contributed by atoms with van der Waals surface area (Å²) in [5, 5.41) is 3.39. The lowest BCUT2D eigenvalue weighted by atomic mass is 9.96. The number of hydrogen-bond donors (Lipinski definition) is 1. The fourth-order valence-corrected chi connectivity index (χ4v) is 4.39. The Hall–Kier alpha value is -1.35. The third-order valence-corrected chi connectivity index (χ3v) is 5.63. The standard InChI is InChI=1S/C20H30N2O/c1-3-15-9-7-10-16(4-2)19(15)20(23)21-17-11-8-12-18(17)22-13-5-6-14-22/h7,9-10,17-18H,3-6,8,11-14H2,1-2H3,(H,21,23). The predicted octanol–water partition coefficient (Wildman–Crippen LogP) is 3.56. The number of carbonyl (C=O) groups is 1. The highest BCUT2D eigenvalue weighted by Crippen LogP contribution is 2.28.